The smallest absolute Gasteiger partial charge is 0.162 e. The topological polar surface area (TPSA) is 49.9 Å². The average molecular weight is 413 g/mol. The van der Waals surface area contributed by atoms with Gasteiger partial charge in [0.2, 0.25) is 0 Å². The Bertz CT molecular complexity index is 846. The van der Waals surface area contributed by atoms with Crippen LogP contribution in [0.4, 0.5) is 4.39 Å². The lowest BCUT2D eigenvalue weighted by Crippen LogP contribution is -2.47. The number of ether oxygens (including phenoxy) is 1. The van der Waals surface area contributed by atoms with Crippen LogP contribution in [0, 0.1) is 5.82 Å². The van der Waals surface area contributed by atoms with Crippen LogP contribution in [0.15, 0.2) is 48.5 Å². The van der Waals surface area contributed by atoms with Gasteiger partial charge >= 0.3 is 0 Å². The Morgan fingerprint density at radius 3 is 2.27 bits per heavy atom. The van der Waals surface area contributed by atoms with Gasteiger partial charge in [0.05, 0.1) is 0 Å². The quantitative estimate of drug-likeness (QED) is 0.557. The first-order valence-electron chi connectivity index (χ1n) is 10.5. The molecule has 0 aliphatic carbocycles. The first kappa shape index (κ1) is 22.1. The summed E-state index contributed by atoms with van der Waals surface area (Å²) in [6.45, 7) is 7.79. The molecule has 2 aromatic carbocycles. The second kappa shape index (κ2) is 11.0. The van der Waals surface area contributed by atoms with E-state index in [4.69, 9.17) is 4.74 Å². The molecule has 3 rings (SSSR count). The first-order valence-corrected chi connectivity index (χ1v) is 10.5. The number of piperazine rings is 1. The Kier molecular flexibility index (Phi) is 8.11. The van der Waals surface area contributed by atoms with Crippen LogP contribution < -0.4 is 4.74 Å². The molecule has 5 nitrogen and oxygen atoms in total. The fourth-order valence-electron chi connectivity index (χ4n) is 3.58. The third-order valence-corrected chi connectivity index (χ3v) is 5.43. The van der Waals surface area contributed by atoms with Gasteiger partial charge in [-0.3, -0.25) is 14.5 Å². The Labute approximate surface area is 177 Å². The van der Waals surface area contributed by atoms with E-state index in [-0.39, 0.29) is 17.4 Å². The number of carbonyl (C=O) groups is 2. The van der Waals surface area contributed by atoms with Gasteiger partial charge in [0, 0.05) is 50.3 Å². The number of carbonyl (C=O) groups excluding carboxylic acids is 2. The maximum absolute atomic E-state index is 12.9. The summed E-state index contributed by atoms with van der Waals surface area (Å²) in [6, 6.07) is 13.1. The highest BCUT2D eigenvalue weighted by Gasteiger charge is 2.17. The van der Waals surface area contributed by atoms with Crippen LogP contribution in [0.5, 0.6) is 5.75 Å². The van der Waals surface area contributed by atoms with Crippen molar-refractivity contribution in [2.24, 2.45) is 0 Å². The fraction of sp³-hybridized carbons (Fsp3) is 0.417. The number of ketones is 2. The summed E-state index contributed by atoms with van der Waals surface area (Å²) in [6.07, 6.45) is 1.30. The molecule has 0 aromatic heterocycles. The van der Waals surface area contributed by atoms with E-state index in [0.29, 0.717) is 24.2 Å². The van der Waals surface area contributed by atoms with Crippen LogP contribution in [-0.2, 0) is 0 Å². The second-order valence-electron chi connectivity index (χ2n) is 7.65. The first-order chi connectivity index (χ1) is 14.5. The van der Waals surface area contributed by atoms with Crippen molar-refractivity contribution in [1.82, 2.24) is 9.80 Å². The fourth-order valence-corrected chi connectivity index (χ4v) is 3.58. The molecule has 2 aromatic rings. The zero-order valence-electron chi connectivity index (χ0n) is 17.5. The normalized spacial score (nSPS) is 15.1. The molecule has 0 spiro atoms. The van der Waals surface area contributed by atoms with Gasteiger partial charge in [-0.1, -0.05) is 12.1 Å². The highest BCUT2D eigenvalue weighted by atomic mass is 19.1. The third-order valence-electron chi connectivity index (χ3n) is 5.43. The van der Waals surface area contributed by atoms with Crippen LogP contribution in [-0.4, -0.2) is 67.2 Å². The summed E-state index contributed by atoms with van der Waals surface area (Å²) in [5.41, 5.74) is 1.24. The molecule has 6 heteroatoms. The van der Waals surface area contributed by atoms with Crippen molar-refractivity contribution in [1.29, 1.82) is 0 Å². The minimum absolute atomic E-state index is 0.0379. The molecule has 0 atom stereocenters. The van der Waals surface area contributed by atoms with Crippen LogP contribution in [0.2, 0.25) is 0 Å². The molecular weight excluding hydrogens is 383 g/mol. The van der Waals surface area contributed by atoms with Crippen LogP contribution >= 0.6 is 0 Å². The lowest BCUT2D eigenvalue weighted by molar-refractivity contribution is 0.0953. The van der Waals surface area contributed by atoms with Gasteiger partial charge in [-0.25, -0.2) is 4.39 Å². The molecule has 1 aliphatic rings. The molecule has 0 saturated carbocycles. The van der Waals surface area contributed by atoms with Gasteiger partial charge in [-0.2, -0.15) is 0 Å². The predicted octanol–water partition coefficient (Wildman–Crippen LogP) is 3.69. The van der Waals surface area contributed by atoms with Crippen molar-refractivity contribution in [3.63, 3.8) is 0 Å². The van der Waals surface area contributed by atoms with Crippen molar-refractivity contribution >= 4 is 11.6 Å². The van der Waals surface area contributed by atoms with Crippen LogP contribution in [0.25, 0.3) is 0 Å². The molecule has 1 aliphatic heterocycles. The lowest BCUT2D eigenvalue weighted by atomic mass is 10.1. The minimum Gasteiger partial charge on any atom is -0.492 e. The molecular formula is C24H29FN2O3. The van der Waals surface area contributed by atoms with Crippen LogP contribution in [0.3, 0.4) is 0 Å². The largest absolute Gasteiger partial charge is 0.492 e. The van der Waals surface area contributed by atoms with Crippen molar-refractivity contribution < 1.29 is 18.7 Å². The number of nitrogens with zero attached hydrogens (tertiary/aromatic N) is 2. The average Bonchev–Trinajstić information content (AvgIpc) is 2.75. The van der Waals surface area contributed by atoms with E-state index in [9.17, 15) is 14.0 Å². The monoisotopic (exact) mass is 412 g/mol. The molecule has 0 amide bonds. The van der Waals surface area contributed by atoms with E-state index in [0.717, 1.165) is 51.4 Å². The van der Waals surface area contributed by atoms with Gasteiger partial charge in [0.15, 0.2) is 11.6 Å². The SMILES string of the molecule is CC(=O)c1cccc(OCCN2CCN(CCCC(=O)c3ccc(F)cc3)CC2)c1. The molecule has 1 saturated heterocycles. The molecule has 30 heavy (non-hydrogen) atoms. The Morgan fingerprint density at radius 1 is 0.933 bits per heavy atom. The zero-order chi connectivity index (χ0) is 21.3. The van der Waals surface area contributed by atoms with E-state index < -0.39 is 0 Å². The molecule has 0 unspecified atom stereocenters. The van der Waals surface area contributed by atoms with E-state index in [1.165, 1.54) is 12.1 Å². The van der Waals surface area contributed by atoms with Crippen molar-refractivity contribution in [2.45, 2.75) is 19.8 Å². The molecule has 160 valence electrons. The summed E-state index contributed by atoms with van der Waals surface area (Å²) >= 11 is 0. The summed E-state index contributed by atoms with van der Waals surface area (Å²) in [7, 11) is 0. The number of hydrogen-bond acceptors (Lipinski definition) is 5. The maximum Gasteiger partial charge on any atom is 0.162 e. The summed E-state index contributed by atoms with van der Waals surface area (Å²) in [4.78, 5) is 28.4. The van der Waals surface area contributed by atoms with Gasteiger partial charge < -0.3 is 9.64 Å². The molecule has 0 bridgehead atoms. The highest BCUT2D eigenvalue weighted by Crippen LogP contribution is 2.14. The lowest BCUT2D eigenvalue weighted by Gasteiger charge is -2.34. The molecule has 1 heterocycles. The van der Waals surface area contributed by atoms with E-state index >= 15 is 0 Å². The Morgan fingerprint density at radius 2 is 1.60 bits per heavy atom. The summed E-state index contributed by atoms with van der Waals surface area (Å²) in [5.74, 6) is 0.516. The van der Waals surface area contributed by atoms with E-state index in [2.05, 4.69) is 9.80 Å². The third kappa shape index (κ3) is 6.75. The minimum atomic E-state index is -0.320. The number of hydrogen-bond donors (Lipinski definition) is 0. The van der Waals surface area contributed by atoms with Crippen molar-refractivity contribution in [3.05, 3.63) is 65.5 Å². The molecule has 1 fully saturated rings. The van der Waals surface area contributed by atoms with Gasteiger partial charge in [-0.05, 0) is 56.3 Å². The standard InChI is InChI=1S/C24H29FN2O3/c1-19(28)21-4-2-5-23(18-21)30-17-16-27-14-12-26(13-15-27)11-3-6-24(29)20-7-9-22(25)10-8-20/h2,4-5,7-10,18H,3,6,11-17H2,1H3. The second-order valence-corrected chi connectivity index (χ2v) is 7.65. The highest BCUT2D eigenvalue weighted by molar-refractivity contribution is 5.96. The predicted molar refractivity (Wildman–Crippen MR) is 115 cm³/mol. The maximum atomic E-state index is 12.9. The zero-order valence-corrected chi connectivity index (χ0v) is 17.5. The van der Waals surface area contributed by atoms with Gasteiger partial charge in [0.1, 0.15) is 18.2 Å². The number of Topliss-reactive ketones (excluding diaryl/α,β-unsaturated/α-hetero) is 2. The van der Waals surface area contributed by atoms with Gasteiger partial charge in [-0.15, -0.1) is 0 Å². The summed E-state index contributed by atoms with van der Waals surface area (Å²) < 4.78 is 18.7. The number of halogens is 1. The van der Waals surface area contributed by atoms with Gasteiger partial charge in [0.25, 0.3) is 0 Å². The number of rotatable bonds is 10. The van der Waals surface area contributed by atoms with Crippen LogP contribution in [0.1, 0.15) is 40.5 Å². The van der Waals surface area contributed by atoms with Crippen molar-refractivity contribution in [3.8, 4) is 5.75 Å². The van der Waals surface area contributed by atoms with E-state index in [1.54, 1.807) is 31.2 Å². The van der Waals surface area contributed by atoms with E-state index in [1.807, 2.05) is 12.1 Å². The number of benzene rings is 2. The Balaban J connectivity index is 1.30. The molecule has 0 radical (unpaired) electrons. The summed E-state index contributed by atoms with van der Waals surface area (Å²) in [5, 5.41) is 0. The molecule has 0 N–H and O–H groups in total. The van der Waals surface area contributed by atoms with Crippen molar-refractivity contribution in [2.75, 3.05) is 45.9 Å². The Hall–Kier alpha value is -2.57.